The Hall–Kier alpha value is -1.78. The van der Waals surface area contributed by atoms with E-state index in [4.69, 9.17) is 4.74 Å². The summed E-state index contributed by atoms with van der Waals surface area (Å²) in [7, 11) is 0. The lowest BCUT2D eigenvalue weighted by molar-refractivity contribution is -0.123. The predicted octanol–water partition coefficient (Wildman–Crippen LogP) is 2.59. The van der Waals surface area contributed by atoms with Crippen LogP contribution >= 0.6 is 0 Å². The van der Waals surface area contributed by atoms with Crippen molar-refractivity contribution < 1.29 is 14.3 Å². The van der Waals surface area contributed by atoms with E-state index in [1.807, 2.05) is 39.2 Å². The molecular weight excluding hydrogens is 268 g/mol. The molecule has 5 heteroatoms. The Morgan fingerprint density at radius 1 is 1.29 bits per heavy atom. The van der Waals surface area contributed by atoms with E-state index in [1.54, 1.807) is 13.0 Å². The van der Waals surface area contributed by atoms with Crippen LogP contribution in [0, 0.1) is 13.8 Å². The summed E-state index contributed by atoms with van der Waals surface area (Å²) in [6.45, 7) is 12.1. The fourth-order valence-electron chi connectivity index (χ4n) is 2.11. The van der Waals surface area contributed by atoms with Gasteiger partial charge in [0, 0.05) is 16.9 Å². The molecule has 118 valence electrons. The van der Waals surface area contributed by atoms with E-state index in [2.05, 4.69) is 5.32 Å². The number of carbonyl (C=O) groups excluding carboxylic acids is 2. The van der Waals surface area contributed by atoms with Crippen LogP contribution in [0.1, 0.15) is 55.9 Å². The Morgan fingerprint density at radius 3 is 2.43 bits per heavy atom. The van der Waals surface area contributed by atoms with Gasteiger partial charge in [0.25, 0.3) is 0 Å². The number of nitrogens with zero attached hydrogens (tertiary/aromatic N) is 1. The van der Waals surface area contributed by atoms with E-state index in [1.165, 1.54) is 0 Å². The molecule has 0 saturated carbocycles. The molecule has 0 atom stereocenters. The Balaban J connectivity index is 2.90. The summed E-state index contributed by atoms with van der Waals surface area (Å²) in [5.41, 5.74) is 1.93. The Kier molecular flexibility index (Phi) is 5.58. The molecule has 1 heterocycles. The van der Waals surface area contributed by atoms with Gasteiger partial charge >= 0.3 is 5.97 Å². The van der Waals surface area contributed by atoms with Gasteiger partial charge in [-0.15, -0.1) is 0 Å². The third-order valence-corrected chi connectivity index (χ3v) is 3.73. The molecular formula is C16H26N2O3. The van der Waals surface area contributed by atoms with Crippen molar-refractivity contribution in [1.29, 1.82) is 0 Å². The number of rotatable bonds is 6. The summed E-state index contributed by atoms with van der Waals surface area (Å²) in [5, 5.41) is 3.00. The first-order chi connectivity index (χ1) is 9.71. The van der Waals surface area contributed by atoms with Crippen molar-refractivity contribution in [1.82, 2.24) is 9.88 Å². The molecule has 1 N–H and O–H groups in total. The van der Waals surface area contributed by atoms with Crippen molar-refractivity contribution in [3.8, 4) is 0 Å². The van der Waals surface area contributed by atoms with Crippen molar-refractivity contribution in [2.45, 2.75) is 60.0 Å². The van der Waals surface area contributed by atoms with Gasteiger partial charge in [-0.2, -0.15) is 0 Å². The second-order valence-electron chi connectivity index (χ2n) is 5.88. The van der Waals surface area contributed by atoms with Crippen LogP contribution < -0.4 is 5.32 Å². The zero-order valence-corrected chi connectivity index (χ0v) is 13.9. The quantitative estimate of drug-likeness (QED) is 0.820. The van der Waals surface area contributed by atoms with Gasteiger partial charge in [-0.3, -0.25) is 4.79 Å². The highest BCUT2D eigenvalue weighted by molar-refractivity contribution is 5.91. The summed E-state index contributed by atoms with van der Waals surface area (Å²) < 4.78 is 6.87. The maximum absolute atomic E-state index is 12.1. The molecule has 1 aromatic rings. The maximum Gasteiger partial charge on any atom is 0.339 e. The standard InChI is InChI=1S/C16H26N2O3/c1-7-16(5,6)17-14(19)10-18-11(3)9-13(12(18)4)15(20)21-8-2/h9H,7-8,10H2,1-6H3,(H,17,19). The van der Waals surface area contributed by atoms with E-state index >= 15 is 0 Å². The number of aryl methyl sites for hydroxylation is 1. The van der Waals surface area contributed by atoms with Crippen molar-refractivity contribution in [2.75, 3.05) is 6.61 Å². The van der Waals surface area contributed by atoms with E-state index in [9.17, 15) is 9.59 Å². The monoisotopic (exact) mass is 294 g/mol. The van der Waals surface area contributed by atoms with Gasteiger partial charge in [0.15, 0.2) is 0 Å². The molecule has 0 spiro atoms. The number of carbonyl (C=O) groups is 2. The number of esters is 1. The number of ether oxygens (including phenoxy) is 1. The first-order valence-electron chi connectivity index (χ1n) is 7.36. The number of nitrogens with one attached hydrogen (secondary N) is 1. The maximum atomic E-state index is 12.1. The lowest BCUT2D eigenvalue weighted by Crippen LogP contribution is -2.44. The minimum Gasteiger partial charge on any atom is -0.462 e. The Labute approximate surface area is 126 Å². The SMILES string of the molecule is CCOC(=O)c1cc(C)n(CC(=O)NC(C)(C)CC)c1C. The molecule has 21 heavy (non-hydrogen) atoms. The molecule has 0 aromatic carbocycles. The summed E-state index contributed by atoms with van der Waals surface area (Å²) in [6, 6.07) is 1.77. The van der Waals surface area contributed by atoms with E-state index in [0.29, 0.717) is 12.2 Å². The molecule has 0 fully saturated rings. The highest BCUT2D eigenvalue weighted by Crippen LogP contribution is 2.16. The third kappa shape index (κ3) is 4.34. The summed E-state index contributed by atoms with van der Waals surface area (Å²) >= 11 is 0. The second-order valence-corrected chi connectivity index (χ2v) is 5.88. The fourth-order valence-corrected chi connectivity index (χ4v) is 2.11. The average Bonchev–Trinajstić information content (AvgIpc) is 2.66. The molecule has 5 nitrogen and oxygen atoms in total. The fraction of sp³-hybridized carbons (Fsp3) is 0.625. The van der Waals surface area contributed by atoms with Crippen LogP contribution in [-0.2, 0) is 16.1 Å². The number of aromatic nitrogens is 1. The average molecular weight is 294 g/mol. The predicted molar refractivity (Wildman–Crippen MR) is 82.4 cm³/mol. The summed E-state index contributed by atoms with van der Waals surface area (Å²) in [6.07, 6.45) is 0.858. The van der Waals surface area contributed by atoms with Gasteiger partial charge in [0.2, 0.25) is 5.91 Å². The highest BCUT2D eigenvalue weighted by atomic mass is 16.5. The van der Waals surface area contributed by atoms with Crippen LogP contribution in [0.25, 0.3) is 0 Å². The van der Waals surface area contributed by atoms with Gasteiger partial charge in [-0.1, -0.05) is 6.92 Å². The zero-order chi connectivity index (χ0) is 16.2. The van der Waals surface area contributed by atoms with Crippen molar-refractivity contribution in [2.24, 2.45) is 0 Å². The molecule has 1 amide bonds. The number of hydrogen-bond donors (Lipinski definition) is 1. The van der Waals surface area contributed by atoms with E-state index in [-0.39, 0.29) is 24.0 Å². The van der Waals surface area contributed by atoms with Crippen LogP contribution in [0.2, 0.25) is 0 Å². The first kappa shape index (κ1) is 17.3. The molecule has 0 saturated heterocycles. The van der Waals surface area contributed by atoms with Crippen LogP contribution in [0.5, 0.6) is 0 Å². The lowest BCUT2D eigenvalue weighted by Gasteiger charge is -2.25. The van der Waals surface area contributed by atoms with Crippen LogP contribution in [0.3, 0.4) is 0 Å². The van der Waals surface area contributed by atoms with Crippen LogP contribution in [-0.4, -0.2) is 28.6 Å². The molecule has 0 aliphatic rings. The van der Waals surface area contributed by atoms with Crippen molar-refractivity contribution in [3.05, 3.63) is 23.0 Å². The molecule has 0 radical (unpaired) electrons. The molecule has 0 aliphatic heterocycles. The smallest absolute Gasteiger partial charge is 0.339 e. The van der Waals surface area contributed by atoms with Gasteiger partial charge in [0.05, 0.1) is 12.2 Å². The van der Waals surface area contributed by atoms with E-state index in [0.717, 1.165) is 17.8 Å². The highest BCUT2D eigenvalue weighted by Gasteiger charge is 2.21. The minimum absolute atomic E-state index is 0.0564. The Bertz CT molecular complexity index is 530. The third-order valence-electron chi connectivity index (χ3n) is 3.73. The molecule has 0 unspecified atom stereocenters. The molecule has 1 rings (SSSR count). The van der Waals surface area contributed by atoms with Crippen molar-refractivity contribution >= 4 is 11.9 Å². The molecule has 0 aliphatic carbocycles. The summed E-state index contributed by atoms with van der Waals surface area (Å²) in [5.74, 6) is -0.398. The van der Waals surface area contributed by atoms with Crippen LogP contribution in [0.15, 0.2) is 6.07 Å². The van der Waals surface area contributed by atoms with Gasteiger partial charge in [-0.05, 0) is 47.1 Å². The largest absolute Gasteiger partial charge is 0.462 e. The lowest BCUT2D eigenvalue weighted by atomic mass is 10.0. The minimum atomic E-state index is -0.342. The Morgan fingerprint density at radius 2 is 1.90 bits per heavy atom. The van der Waals surface area contributed by atoms with Crippen molar-refractivity contribution in [3.63, 3.8) is 0 Å². The normalized spacial score (nSPS) is 11.3. The van der Waals surface area contributed by atoms with Crippen LogP contribution in [0.4, 0.5) is 0 Å². The van der Waals surface area contributed by atoms with Gasteiger partial charge in [0.1, 0.15) is 6.54 Å². The topological polar surface area (TPSA) is 60.3 Å². The zero-order valence-electron chi connectivity index (χ0n) is 13.9. The summed E-state index contributed by atoms with van der Waals surface area (Å²) in [4.78, 5) is 24.0. The molecule has 1 aromatic heterocycles. The second kappa shape index (κ2) is 6.78. The van der Waals surface area contributed by atoms with Gasteiger partial charge in [-0.25, -0.2) is 4.79 Å². The van der Waals surface area contributed by atoms with E-state index < -0.39 is 0 Å². The number of amides is 1. The number of hydrogen-bond acceptors (Lipinski definition) is 3. The first-order valence-corrected chi connectivity index (χ1v) is 7.36. The van der Waals surface area contributed by atoms with Gasteiger partial charge < -0.3 is 14.6 Å². The molecule has 0 bridgehead atoms.